The van der Waals surface area contributed by atoms with E-state index >= 15 is 0 Å². The number of anilines is 1. The van der Waals surface area contributed by atoms with E-state index < -0.39 is 5.60 Å². The Kier molecular flexibility index (Phi) is 7.77. The molecule has 4 fully saturated rings. The van der Waals surface area contributed by atoms with E-state index in [-0.39, 0.29) is 17.7 Å². The SMILES string of the molecule is CC(C)(C)OC(=O)N1CC2CN(c3nc4ncccc4n(C4CCN(C5CCCCCCC5)CC4)c3=O)CC2C1. The van der Waals surface area contributed by atoms with Crippen molar-refractivity contribution in [3.8, 4) is 0 Å². The van der Waals surface area contributed by atoms with Crippen LogP contribution >= 0.6 is 0 Å². The molecule has 9 nitrogen and oxygen atoms in total. The minimum Gasteiger partial charge on any atom is -0.444 e. The van der Waals surface area contributed by atoms with Gasteiger partial charge in [-0.15, -0.1) is 0 Å². The molecule has 2 unspecified atom stereocenters. The van der Waals surface area contributed by atoms with E-state index in [4.69, 9.17) is 9.72 Å². The van der Waals surface area contributed by atoms with Gasteiger partial charge >= 0.3 is 6.09 Å². The lowest BCUT2D eigenvalue weighted by Crippen LogP contribution is -2.44. The number of nitrogens with zero attached hydrogens (tertiary/aromatic N) is 6. The van der Waals surface area contributed by atoms with Crippen molar-refractivity contribution >= 4 is 23.1 Å². The van der Waals surface area contributed by atoms with Gasteiger partial charge in [0.05, 0.1) is 5.52 Å². The molecule has 1 aliphatic carbocycles. The number of amides is 1. The van der Waals surface area contributed by atoms with Gasteiger partial charge in [-0.1, -0.05) is 32.1 Å². The van der Waals surface area contributed by atoms with E-state index in [9.17, 15) is 9.59 Å². The Morgan fingerprint density at radius 1 is 0.900 bits per heavy atom. The molecule has 1 saturated carbocycles. The van der Waals surface area contributed by atoms with Crippen molar-refractivity contribution in [2.75, 3.05) is 44.2 Å². The maximum Gasteiger partial charge on any atom is 0.410 e. The predicted octanol–water partition coefficient (Wildman–Crippen LogP) is 4.84. The summed E-state index contributed by atoms with van der Waals surface area (Å²) in [4.78, 5) is 42.8. The summed E-state index contributed by atoms with van der Waals surface area (Å²) in [5, 5.41) is 0. The second kappa shape index (κ2) is 11.3. The fraction of sp³-hybridized carbons (Fsp3) is 0.742. The second-order valence-corrected chi connectivity index (χ2v) is 13.5. The Balaban J connectivity index is 1.18. The van der Waals surface area contributed by atoms with E-state index in [1.165, 1.54) is 44.9 Å². The highest BCUT2D eigenvalue weighted by Crippen LogP contribution is 2.35. The predicted molar refractivity (Wildman–Crippen MR) is 157 cm³/mol. The van der Waals surface area contributed by atoms with Crippen LogP contribution in [0.1, 0.15) is 84.6 Å². The number of likely N-dealkylation sites (tertiary alicyclic amines) is 2. The van der Waals surface area contributed by atoms with E-state index in [1.54, 1.807) is 6.20 Å². The molecule has 40 heavy (non-hydrogen) atoms. The molecule has 2 aromatic heterocycles. The van der Waals surface area contributed by atoms with E-state index in [0.717, 1.165) is 44.5 Å². The van der Waals surface area contributed by atoms with Gasteiger partial charge in [0, 0.05) is 69.4 Å². The van der Waals surface area contributed by atoms with Crippen LogP contribution in [0.15, 0.2) is 23.1 Å². The van der Waals surface area contributed by atoms with Crippen molar-refractivity contribution in [1.29, 1.82) is 0 Å². The highest BCUT2D eigenvalue weighted by Gasteiger charge is 2.44. The second-order valence-electron chi connectivity index (χ2n) is 13.5. The first-order chi connectivity index (χ1) is 19.3. The Labute approximate surface area is 237 Å². The molecular weight excluding hydrogens is 504 g/mol. The van der Waals surface area contributed by atoms with Gasteiger partial charge in [0.15, 0.2) is 11.5 Å². The Bertz CT molecular complexity index is 1240. The molecule has 1 amide bonds. The number of piperidine rings is 1. The fourth-order valence-corrected chi connectivity index (χ4v) is 7.55. The van der Waals surface area contributed by atoms with Gasteiger partial charge in [0.1, 0.15) is 5.60 Å². The largest absolute Gasteiger partial charge is 0.444 e. The summed E-state index contributed by atoms with van der Waals surface area (Å²) < 4.78 is 7.62. The number of hydrogen-bond donors (Lipinski definition) is 0. The molecule has 218 valence electrons. The minimum absolute atomic E-state index is 0.00822. The number of pyridine rings is 1. The summed E-state index contributed by atoms with van der Waals surface area (Å²) in [6.07, 6.45) is 13.0. The number of rotatable bonds is 3. The number of fused-ring (bicyclic) bond motifs is 2. The van der Waals surface area contributed by atoms with Crippen molar-refractivity contribution in [3.63, 3.8) is 0 Å². The van der Waals surface area contributed by atoms with Crippen molar-refractivity contribution in [1.82, 2.24) is 24.3 Å². The third-order valence-electron chi connectivity index (χ3n) is 9.54. The van der Waals surface area contributed by atoms with Crippen LogP contribution in [0, 0.1) is 11.8 Å². The Morgan fingerprint density at radius 2 is 1.55 bits per heavy atom. The highest BCUT2D eigenvalue weighted by molar-refractivity contribution is 5.72. The fourth-order valence-electron chi connectivity index (χ4n) is 7.55. The minimum atomic E-state index is -0.501. The number of aromatic nitrogens is 3. The van der Waals surface area contributed by atoms with Crippen LogP contribution in [-0.2, 0) is 4.74 Å². The molecule has 0 aromatic carbocycles. The zero-order chi connectivity index (χ0) is 27.9. The molecule has 5 heterocycles. The summed E-state index contributed by atoms with van der Waals surface area (Å²) in [6, 6.07) is 4.78. The number of carbonyl (C=O) groups excluding carboxylic acids is 1. The Hall–Kier alpha value is -2.68. The van der Waals surface area contributed by atoms with Gasteiger partial charge in [-0.05, 0) is 58.6 Å². The maximum absolute atomic E-state index is 14.1. The summed E-state index contributed by atoms with van der Waals surface area (Å²) in [7, 11) is 0. The smallest absolute Gasteiger partial charge is 0.410 e. The molecule has 3 saturated heterocycles. The molecular formula is C31H46N6O3. The highest BCUT2D eigenvalue weighted by atomic mass is 16.6. The lowest BCUT2D eigenvalue weighted by Gasteiger charge is -2.39. The van der Waals surface area contributed by atoms with Crippen molar-refractivity contribution in [2.45, 2.75) is 96.2 Å². The third kappa shape index (κ3) is 5.71. The molecule has 0 spiro atoms. The van der Waals surface area contributed by atoms with Gasteiger partial charge in [-0.2, -0.15) is 0 Å². The van der Waals surface area contributed by atoms with Crippen LogP contribution in [0.25, 0.3) is 11.2 Å². The van der Waals surface area contributed by atoms with E-state index in [2.05, 4.69) is 14.8 Å². The molecule has 0 radical (unpaired) electrons. The summed E-state index contributed by atoms with van der Waals surface area (Å²) in [6.45, 7) is 10.6. The van der Waals surface area contributed by atoms with Crippen molar-refractivity contribution in [3.05, 3.63) is 28.7 Å². The number of carbonyl (C=O) groups is 1. The molecule has 2 aromatic rings. The van der Waals surface area contributed by atoms with E-state index in [1.807, 2.05) is 42.4 Å². The molecule has 4 aliphatic rings. The van der Waals surface area contributed by atoms with Gasteiger partial charge in [-0.3, -0.25) is 9.36 Å². The summed E-state index contributed by atoms with van der Waals surface area (Å²) in [5.74, 6) is 1.15. The third-order valence-corrected chi connectivity index (χ3v) is 9.54. The normalized spacial score (nSPS) is 25.7. The van der Waals surface area contributed by atoms with Crippen LogP contribution in [0.3, 0.4) is 0 Å². The quantitative estimate of drug-likeness (QED) is 0.541. The molecule has 9 heteroatoms. The van der Waals surface area contributed by atoms with Gasteiger partial charge < -0.3 is 19.4 Å². The van der Waals surface area contributed by atoms with Crippen LogP contribution < -0.4 is 10.5 Å². The maximum atomic E-state index is 14.1. The topological polar surface area (TPSA) is 83.8 Å². The zero-order valence-electron chi connectivity index (χ0n) is 24.6. The molecule has 0 N–H and O–H groups in total. The van der Waals surface area contributed by atoms with Crippen LogP contribution in [0.5, 0.6) is 0 Å². The average Bonchev–Trinajstić information content (AvgIpc) is 3.47. The van der Waals surface area contributed by atoms with Crippen LogP contribution in [0.4, 0.5) is 10.6 Å². The van der Waals surface area contributed by atoms with Gasteiger partial charge in [0.25, 0.3) is 5.56 Å². The standard InChI is InChI=1S/C31H46N6O3/c1-31(2,3)40-30(39)36-20-22-18-35(19-23(22)21-36)28-29(38)37(26-12-9-15-32-27(26)33-28)25-13-16-34(17-14-25)24-10-7-5-4-6-8-11-24/h9,12,15,22-25H,4-8,10-11,13-14,16-21H2,1-3H3. The van der Waals surface area contributed by atoms with Crippen LogP contribution in [-0.4, -0.2) is 81.3 Å². The Morgan fingerprint density at radius 3 is 2.20 bits per heavy atom. The summed E-state index contributed by atoms with van der Waals surface area (Å²) >= 11 is 0. The monoisotopic (exact) mass is 550 g/mol. The van der Waals surface area contributed by atoms with Gasteiger partial charge in [-0.25, -0.2) is 14.8 Å². The van der Waals surface area contributed by atoms with Crippen LogP contribution in [0.2, 0.25) is 0 Å². The number of ether oxygens (including phenoxy) is 1. The van der Waals surface area contributed by atoms with Gasteiger partial charge in [0.2, 0.25) is 0 Å². The number of hydrogen-bond acceptors (Lipinski definition) is 7. The lowest BCUT2D eigenvalue weighted by molar-refractivity contribution is 0.0282. The first-order valence-corrected chi connectivity index (χ1v) is 15.6. The van der Waals surface area contributed by atoms with Crippen molar-refractivity contribution < 1.29 is 9.53 Å². The molecule has 6 rings (SSSR count). The zero-order valence-corrected chi connectivity index (χ0v) is 24.6. The lowest BCUT2D eigenvalue weighted by atomic mass is 9.93. The van der Waals surface area contributed by atoms with Crippen molar-refractivity contribution in [2.24, 2.45) is 11.8 Å². The molecule has 3 aliphatic heterocycles. The molecule has 0 bridgehead atoms. The summed E-state index contributed by atoms with van der Waals surface area (Å²) in [5.41, 5.74) is 0.996. The average molecular weight is 551 g/mol. The van der Waals surface area contributed by atoms with E-state index in [0.29, 0.717) is 42.4 Å². The molecule has 2 atom stereocenters. The first kappa shape index (κ1) is 27.5. The first-order valence-electron chi connectivity index (χ1n) is 15.6.